The molecule has 0 radical (unpaired) electrons. The number of rotatable bonds is 3. The zero-order valence-corrected chi connectivity index (χ0v) is 11.2. The molecule has 90 valence electrons. The van der Waals surface area contributed by atoms with E-state index in [2.05, 4.69) is 15.0 Å². The van der Waals surface area contributed by atoms with E-state index >= 15 is 0 Å². The maximum Gasteiger partial charge on any atom is 0.320 e. The summed E-state index contributed by atoms with van der Waals surface area (Å²) >= 11 is 3.19. The Hall–Kier alpha value is -1.79. The number of nitrogens with zero attached hydrogens (tertiary/aromatic N) is 3. The number of ether oxygens (including phenoxy) is 1. The molecule has 18 heavy (non-hydrogen) atoms. The summed E-state index contributed by atoms with van der Waals surface area (Å²) in [5.74, 6) is 1.31. The fourth-order valence-electron chi connectivity index (χ4n) is 1.48. The molecule has 0 N–H and O–H groups in total. The topological polar surface area (TPSA) is 47.9 Å². The molecule has 0 amide bonds. The second-order valence-corrected chi connectivity index (χ2v) is 5.32. The van der Waals surface area contributed by atoms with Crippen molar-refractivity contribution >= 4 is 22.7 Å². The molecule has 6 heteroatoms. The third-order valence-electron chi connectivity index (χ3n) is 2.28. The highest BCUT2D eigenvalue weighted by molar-refractivity contribution is 7.13. The van der Waals surface area contributed by atoms with Crippen molar-refractivity contribution in [3.8, 4) is 27.4 Å². The summed E-state index contributed by atoms with van der Waals surface area (Å²) in [6.45, 7) is 0. The third-order valence-corrected chi connectivity index (χ3v) is 4.01. The van der Waals surface area contributed by atoms with Gasteiger partial charge in [-0.2, -0.15) is 9.97 Å². The zero-order chi connectivity index (χ0) is 12.4. The second-order valence-electron chi connectivity index (χ2n) is 3.42. The molecule has 3 rings (SSSR count). The van der Waals surface area contributed by atoms with E-state index in [0.717, 1.165) is 9.75 Å². The van der Waals surface area contributed by atoms with Gasteiger partial charge in [-0.1, -0.05) is 12.1 Å². The molecule has 0 unspecified atom stereocenters. The van der Waals surface area contributed by atoms with E-state index in [1.54, 1.807) is 29.8 Å². The summed E-state index contributed by atoms with van der Waals surface area (Å²) in [6.07, 6.45) is 0. The van der Waals surface area contributed by atoms with E-state index in [0.29, 0.717) is 17.7 Å². The molecule has 0 spiro atoms. The van der Waals surface area contributed by atoms with E-state index in [1.165, 1.54) is 0 Å². The van der Waals surface area contributed by atoms with Crippen molar-refractivity contribution in [3.63, 3.8) is 0 Å². The quantitative estimate of drug-likeness (QED) is 0.735. The van der Waals surface area contributed by atoms with Gasteiger partial charge in [-0.3, -0.25) is 0 Å². The lowest BCUT2D eigenvalue weighted by Gasteiger charge is -2.03. The maximum absolute atomic E-state index is 5.14. The van der Waals surface area contributed by atoms with Gasteiger partial charge in [0.2, 0.25) is 0 Å². The molecule has 3 heterocycles. The van der Waals surface area contributed by atoms with Crippen LogP contribution in [0.4, 0.5) is 0 Å². The summed E-state index contributed by atoms with van der Waals surface area (Å²) in [6, 6.07) is 8.26. The minimum absolute atomic E-state index is 0.344. The maximum atomic E-state index is 5.14. The van der Waals surface area contributed by atoms with Crippen molar-refractivity contribution < 1.29 is 4.74 Å². The fraction of sp³-hybridized carbons (Fsp3) is 0.0833. The van der Waals surface area contributed by atoms with Crippen LogP contribution in [-0.4, -0.2) is 22.1 Å². The van der Waals surface area contributed by atoms with Gasteiger partial charge in [0.05, 0.1) is 16.9 Å². The number of methoxy groups -OCH3 is 1. The summed E-state index contributed by atoms with van der Waals surface area (Å²) in [5.41, 5.74) is 0. The largest absolute Gasteiger partial charge is 0.467 e. The van der Waals surface area contributed by atoms with Gasteiger partial charge in [-0.05, 0) is 22.9 Å². The molecule has 0 saturated heterocycles. The standard InChI is InChI=1S/C12H9N3OS2/c1-16-12-14-10(8-4-2-6-17-8)13-11(15-12)9-5-3-7-18-9/h2-7H,1H3. The molecule has 0 aliphatic heterocycles. The summed E-state index contributed by atoms with van der Waals surface area (Å²) in [5, 5.41) is 3.99. The van der Waals surface area contributed by atoms with E-state index in [1.807, 2.05) is 35.0 Å². The van der Waals surface area contributed by atoms with Crippen molar-refractivity contribution in [3.05, 3.63) is 35.0 Å². The minimum atomic E-state index is 0.344. The summed E-state index contributed by atoms with van der Waals surface area (Å²) in [4.78, 5) is 15.1. The van der Waals surface area contributed by atoms with Gasteiger partial charge < -0.3 is 4.74 Å². The molecule has 0 saturated carbocycles. The Balaban J connectivity index is 2.13. The Kier molecular flexibility index (Phi) is 3.04. The summed E-state index contributed by atoms with van der Waals surface area (Å²) in [7, 11) is 1.56. The molecular weight excluding hydrogens is 266 g/mol. The summed E-state index contributed by atoms with van der Waals surface area (Å²) < 4.78 is 5.14. The molecule has 0 bridgehead atoms. The average Bonchev–Trinajstić information content (AvgIpc) is 3.10. The zero-order valence-electron chi connectivity index (χ0n) is 9.53. The molecule has 3 aromatic rings. The van der Waals surface area contributed by atoms with E-state index in [4.69, 9.17) is 4.74 Å². The Bertz CT molecular complexity index is 583. The highest BCUT2D eigenvalue weighted by atomic mass is 32.1. The lowest BCUT2D eigenvalue weighted by atomic mass is 10.4. The van der Waals surface area contributed by atoms with E-state index < -0.39 is 0 Å². The molecular formula is C12H9N3OS2. The van der Waals surface area contributed by atoms with Gasteiger partial charge in [-0.15, -0.1) is 22.7 Å². The lowest BCUT2D eigenvalue weighted by Crippen LogP contribution is -1.98. The van der Waals surface area contributed by atoms with Crippen molar-refractivity contribution in [1.29, 1.82) is 0 Å². The number of aromatic nitrogens is 3. The first-order chi connectivity index (χ1) is 8.86. The smallest absolute Gasteiger partial charge is 0.320 e. The monoisotopic (exact) mass is 275 g/mol. The minimum Gasteiger partial charge on any atom is -0.467 e. The van der Waals surface area contributed by atoms with Crippen molar-refractivity contribution in [2.24, 2.45) is 0 Å². The normalized spacial score (nSPS) is 10.5. The van der Waals surface area contributed by atoms with Crippen LogP contribution in [0.1, 0.15) is 0 Å². The molecule has 0 aliphatic carbocycles. The average molecular weight is 275 g/mol. The molecule has 3 aromatic heterocycles. The second kappa shape index (κ2) is 4.83. The molecule has 0 fully saturated rings. The van der Waals surface area contributed by atoms with Gasteiger partial charge >= 0.3 is 6.01 Å². The first-order valence-corrected chi connectivity index (χ1v) is 7.00. The van der Waals surface area contributed by atoms with Crippen LogP contribution < -0.4 is 4.74 Å². The van der Waals surface area contributed by atoms with Crippen LogP contribution in [0, 0.1) is 0 Å². The van der Waals surface area contributed by atoms with Crippen LogP contribution in [0.2, 0.25) is 0 Å². The Labute approximate surface area is 112 Å². The van der Waals surface area contributed by atoms with Crippen LogP contribution in [0.5, 0.6) is 6.01 Å². The highest BCUT2D eigenvalue weighted by Crippen LogP contribution is 2.27. The van der Waals surface area contributed by atoms with Crippen LogP contribution in [-0.2, 0) is 0 Å². The number of hydrogen-bond donors (Lipinski definition) is 0. The molecule has 0 aromatic carbocycles. The van der Waals surface area contributed by atoms with Gasteiger partial charge in [0.25, 0.3) is 0 Å². The molecule has 4 nitrogen and oxygen atoms in total. The molecule has 0 atom stereocenters. The SMILES string of the molecule is COc1nc(-c2cccs2)nc(-c2cccs2)n1. The van der Waals surface area contributed by atoms with Crippen LogP contribution in [0.3, 0.4) is 0 Å². The van der Waals surface area contributed by atoms with Gasteiger partial charge in [-0.25, -0.2) is 4.98 Å². The van der Waals surface area contributed by atoms with Crippen molar-refractivity contribution in [2.45, 2.75) is 0 Å². The van der Waals surface area contributed by atoms with Crippen LogP contribution >= 0.6 is 22.7 Å². The van der Waals surface area contributed by atoms with Gasteiger partial charge in [0, 0.05) is 0 Å². The lowest BCUT2D eigenvalue weighted by molar-refractivity contribution is 0.379. The predicted octanol–water partition coefficient (Wildman–Crippen LogP) is 3.34. The van der Waals surface area contributed by atoms with Crippen molar-refractivity contribution in [1.82, 2.24) is 15.0 Å². The van der Waals surface area contributed by atoms with Gasteiger partial charge in [0.1, 0.15) is 0 Å². The Morgan fingerprint density at radius 2 is 1.44 bits per heavy atom. The van der Waals surface area contributed by atoms with Gasteiger partial charge in [0.15, 0.2) is 11.6 Å². The fourth-order valence-corrected chi connectivity index (χ4v) is 2.79. The first kappa shape index (κ1) is 11.3. The van der Waals surface area contributed by atoms with Crippen LogP contribution in [0.15, 0.2) is 35.0 Å². The number of thiophene rings is 2. The molecule has 0 aliphatic rings. The Morgan fingerprint density at radius 3 is 1.83 bits per heavy atom. The van der Waals surface area contributed by atoms with Crippen molar-refractivity contribution in [2.75, 3.05) is 7.11 Å². The predicted molar refractivity (Wildman–Crippen MR) is 73.0 cm³/mol. The van der Waals surface area contributed by atoms with E-state index in [9.17, 15) is 0 Å². The highest BCUT2D eigenvalue weighted by Gasteiger charge is 2.11. The number of hydrogen-bond acceptors (Lipinski definition) is 6. The first-order valence-electron chi connectivity index (χ1n) is 5.24. The Morgan fingerprint density at radius 1 is 0.889 bits per heavy atom. The third kappa shape index (κ3) is 2.12. The van der Waals surface area contributed by atoms with E-state index in [-0.39, 0.29) is 0 Å². The van der Waals surface area contributed by atoms with Crippen LogP contribution in [0.25, 0.3) is 21.4 Å².